The summed E-state index contributed by atoms with van der Waals surface area (Å²) in [6, 6.07) is 9.16. The molecule has 1 atom stereocenters. The van der Waals surface area contributed by atoms with Gasteiger partial charge in [-0.25, -0.2) is 12.8 Å². The quantitative estimate of drug-likeness (QED) is 0.843. The highest BCUT2D eigenvalue weighted by Gasteiger charge is 2.33. The standard InChI is InChI=1S/C16H16FNO4S/c1-11-10-18(8-9-23(11,20)21)16(19)15-7-6-14(22-15)12-4-2-3-5-13(12)17/h2-7,11H,8-10H2,1H3. The molecule has 1 amide bonds. The number of benzene rings is 1. The number of sulfone groups is 1. The van der Waals surface area contributed by atoms with Gasteiger partial charge in [-0.15, -0.1) is 0 Å². The van der Waals surface area contributed by atoms with Crippen molar-refractivity contribution in [3.63, 3.8) is 0 Å². The fourth-order valence-electron chi connectivity index (χ4n) is 2.55. The lowest BCUT2D eigenvalue weighted by atomic mass is 10.1. The smallest absolute Gasteiger partial charge is 0.289 e. The molecule has 0 radical (unpaired) electrons. The van der Waals surface area contributed by atoms with Crippen LogP contribution >= 0.6 is 0 Å². The van der Waals surface area contributed by atoms with Crippen molar-refractivity contribution in [3.05, 3.63) is 48.0 Å². The van der Waals surface area contributed by atoms with Crippen LogP contribution in [0.1, 0.15) is 17.5 Å². The molecular weight excluding hydrogens is 321 g/mol. The van der Waals surface area contributed by atoms with Crippen LogP contribution in [0.4, 0.5) is 4.39 Å². The fraction of sp³-hybridized carbons (Fsp3) is 0.312. The molecule has 2 heterocycles. The second-order valence-electron chi connectivity index (χ2n) is 5.57. The van der Waals surface area contributed by atoms with E-state index in [-0.39, 0.29) is 41.8 Å². The third-order valence-electron chi connectivity index (χ3n) is 3.98. The minimum Gasteiger partial charge on any atom is -0.451 e. The van der Waals surface area contributed by atoms with E-state index in [9.17, 15) is 17.6 Å². The first-order valence-electron chi connectivity index (χ1n) is 7.24. The van der Waals surface area contributed by atoms with E-state index < -0.39 is 20.9 Å². The van der Waals surface area contributed by atoms with E-state index in [1.54, 1.807) is 25.1 Å². The topological polar surface area (TPSA) is 67.6 Å². The molecule has 1 aromatic heterocycles. The van der Waals surface area contributed by atoms with E-state index in [4.69, 9.17) is 4.42 Å². The lowest BCUT2D eigenvalue weighted by Crippen LogP contribution is -2.48. The normalized spacial score (nSPS) is 20.4. The molecule has 0 aliphatic carbocycles. The zero-order valence-corrected chi connectivity index (χ0v) is 13.3. The van der Waals surface area contributed by atoms with E-state index in [1.165, 1.54) is 23.1 Å². The van der Waals surface area contributed by atoms with Crippen molar-refractivity contribution in [2.24, 2.45) is 0 Å². The molecule has 0 N–H and O–H groups in total. The Kier molecular flexibility index (Phi) is 3.97. The van der Waals surface area contributed by atoms with Gasteiger partial charge in [0.25, 0.3) is 5.91 Å². The summed E-state index contributed by atoms with van der Waals surface area (Å²) in [4.78, 5) is 13.9. The number of amides is 1. The van der Waals surface area contributed by atoms with Gasteiger partial charge in [0.15, 0.2) is 15.6 Å². The minimum atomic E-state index is -3.13. The van der Waals surface area contributed by atoms with Gasteiger partial charge < -0.3 is 9.32 Å². The third kappa shape index (κ3) is 3.01. The summed E-state index contributed by atoms with van der Waals surface area (Å²) in [6.07, 6.45) is 0. The Morgan fingerprint density at radius 1 is 1.26 bits per heavy atom. The van der Waals surface area contributed by atoms with Crippen molar-refractivity contribution in [3.8, 4) is 11.3 Å². The molecule has 1 aromatic carbocycles. The van der Waals surface area contributed by atoms with Gasteiger partial charge >= 0.3 is 0 Å². The molecule has 0 spiro atoms. The predicted molar refractivity (Wildman–Crippen MR) is 83.3 cm³/mol. The summed E-state index contributed by atoms with van der Waals surface area (Å²) < 4.78 is 42.6. The highest BCUT2D eigenvalue weighted by molar-refractivity contribution is 7.92. The van der Waals surface area contributed by atoms with Crippen molar-refractivity contribution in [2.45, 2.75) is 12.2 Å². The van der Waals surface area contributed by atoms with Crippen LogP contribution in [0.15, 0.2) is 40.8 Å². The summed E-state index contributed by atoms with van der Waals surface area (Å²) in [5, 5.41) is -0.596. The predicted octanol–water partition coefficient (Wildman–Crippen LogP) is 2.34. The Balaban J connectivity index is 1.81. The number of hydrogen-bond acceptors (Lipinski definition) is 4. The summed E-state index contributed by atoms with van der Waals surface area (Å²) in [5.41, 5.74) is 0.279. The second-order valence-corrected chi connectivity index (χ2v) is 8.11. The van der Waals surface area contributed by atoms with Gasteiger partial charge in [0, 0.05) is 13.1 Å². The fourth-order valence-corrected chi connectivity index (χ4v) is 3.84. The van der Waals surface area contributed by atoms with E-state index in [1.807, 2.05) is 0 Å². The van der Waals surface area contributed by atoms with E-state index in [0.29, 0.717) is 0 Å². The van der Waals surface area contributed by atoms with E-state index >= 15 is 0 Å². The molecule has 1 aliphatic heterocycles. The number of nitrogens with zero attached hydrogens (tertiary/aromatic N) is 1. The molecule has 23 heavy (non-hydrogen) atoms. The molecule has 7 heteroatoms. The molecule has 0 bridgehead atoms. The molecule has 1 fully saturated rings. The minimum absolute atomic E-state index is 0.0548. The van der Waals surface area contributed by atoms with Gasteiger partial charge in [-0.05, 0) is 31.2 Å². The molecule has 122 valence electrons. The monoisotopic (exact) mass is 337 g/mol. The Morgan fingerprint density at radius 2 is 2.00 bits per heavy atom. The van der Waals surface area contributed by atoms with Crippen LogP contribution in [0.5, 0.6) is 0 Å². The molecule has 3 rings (SSSR count). The lowest BCUT2D eigenvalue weighted by molar-refractivity contribution is 0.0729. The first-order valence-corrected chi connectivity index (χ1v) is 8.95. The first kappa shape index (κ1) is 15.7. The van der Waals surface area contributed by atoms with Crippen LogP contribution in [-0.2, 0) is 9.84 Å². The third-order valence-corrected chi connectivity index (χ3v) is 6.11. The number of hydrogen-bond donors (Lipinski definition) is 0. The Bertz CT molecular complexity index is 843. The van der Waals surface area contributed by atoms with Gasteiger partial charge in [-0.1, -0.05) is 12.1 Å². The average Bonchev–Trinajstić information content (AvgIpc) is 2.99. The lowest BCUT2D eigenvalue weighted by Gasteiger charge is -2.30. The number of carbonyl (C=O) groups is 1. The number of halogens is 1. The highest BCUT2D eigenvalue weighted by Crippen LogP contribution is 2.26. The molecule has 2 aromatic rings. The van der Waals surface area contributed by atoms with Crippen LogP contribution < -0.4 is 0 Å². The number of carbonyl (C=O) groups excluding carboxylic acids is 1. The van der Waals surface area contributed by atoms with Gasteiger partial charge in [-0.2, -0.15) is 0 Å². The Morgan fingerprint density at radius 3 is 2.70 bits per heavy atom. The van der Waals surface area contributed by atoms with Crippen molar-refractivity contribution in [2.75, 3.05) is 18.8 Å². The van der Waals surface area contributed by atoms with Crippen molar-refractivity contribution >= 4 is 15.7 Å². The zero-order chi connectivity index (χ0) is 16.6. The zero-order valence-electron chi connectivity index (χ0n) is 12.5. The highest BCUT2D eigenvalue weighted by atomic mass is 32.2. The Hall–Kier alpha value is -2.15. The van der Waals surface area contributed by atoms with Crippen LogP contribution in [0, 0.1) is 5.82 Å². The molecule has 1 aliphatic rings. The summed E-state index contributed by atoms with van der Waals surface area (Å²) in [6.45, 7) is 1.86. The first-order chi connectivity index (χ1) is 10.9. The van der Waals surface area contributed by atoms with Crippen molar-refractivity contribution in [1.29, 1.82) is 0 Å². The molecule has 1 saturated heterocycles. The largest absolute Gasteiger partial charge is 0.451 e. The molecule has 0 saturated carbocycles. The second kappa shape index (κ2) is 5.81. The van der Waals surface area contributed by atoms with Crippen molar-refractivity contribution in [1.82, 2.24) is 4.90 Å². The van der Waals surface area contributed by atoms with Crippen LogP contribution in [0.2, 0.25) is 0 Å². The van der Waals surface area contributed by atoms with E-state index in [0.717, 1.165) is 0 Å². The Labute approximate surface area is 133 Å². The molecule has 5 nitrogen and oxygen atoms in total. The van der Waals surface area contributed by atoms with E-state index in [2.05, 4.69) is 0 Å². The van der Waals surface area contributed by atoms with Crippen molar-refractivity contribution < 1.29 is 22.0 Å². The number of rotatable bonds is 2. The van der Waals surface area contributed by atoms with Gasteiger partial charge in [-0.3, -0.25) is 4.79 Å². The number of furan rings is 1. The summed E-state index contributed by atoms with van der Waals surface area (Å²) in [5.74, 6) is -0.521. The van der Waals surface area contributed by atoms with Crippen LogP contribution in [0.3, 0.4) is 0 Å². The molecular formula is C16H16FNO4S. The molecule has 1 unspecified atom stereocenters. The SMILES string of the molecule is CC1CN(C(=O)c2ccc(-c3ccccc3F)o2)CCS1(=O)=O. The maximum absolute atomic E-state index is 13.8. The maximum atomic E-state index is 13.8. The van der Waals surface area contributed by atoms with Crippen LogP contribution in [-0.4, -0.2) is 43.3 Å². The van der Waals surface area contributed by atoms with Gasteiger partial charge in [0.1, 0.15) is 11.6 Å². The van der Waals surface area contributed by atoms with Gasteiger partial charge in [0.05, 0.1) is 16.6 Å². The summed E-state index contributed by atoms with van der Waals surface area (Å²) in [7, 11) is -3.13. The van der Waals surface area contributed by atoms with Gasteiger partial charge in [0.2, 0.25) is 0 Å². The summed E-state index contributed by atoms with van der Waals surface area (Å²) >= 11 is 0. The maximum Gasteiger partial charge on any atom is 0.289 e. The van der Waals surface area contributed by atoms with Crippen LogP contribution in [0.25, 0.3) is 11.3 Å². The average molecular weight is 337 g/mol.